The van der Waals surface area contributed by atoms with Crippen LogP contribution < -0.4 is 5.32 Å². The summed E-state index contributed by atoms with van der Waals surface area (Å²) >= 11 is 1.25. The van der Waals surface area contributed by atoms with Crippen LogP contribution in [0.2, 0.25) is 0 Å². The first-order chi connectivity index (χ1) is 13.7. The zero-order chi connectivity index (χ0) is 21.0. The number of carbonyl (C=O) groups is 2. The fourth-order valence-electron chi connectivity index (χ4n) is 2.91. The molecule has 11 heteroatoms. The van der Waals surface area contributed by atoms with Crippen molar-refractivity contribution in [3.05, 3.63) is 46.7 Å². The summed E-state index contributed by atoms with van der Waals surface area (Å²) in [7, 11) is -3.23. The molecule has 2 amide bonds. The minimum Gasteiger partial charge on any atom is -0.340 e. The molecule has 2 aromatic rings. The van der Waals surface area contributed by atoms with Gasteiger partial charge in [0, 0.05) is 43.5 Å². The lowest BCUT2D eigenvalue weighted by molar-refractivity contribution is -0.132. The third kappa shape index (κ3) is 5.81. The smallest absolute Gasteiger partial charge is 0.257 e. The summed E-state index contributed by atoms with van der Waals surface area (Å²) in [5.74, 6) is -0.853. The van der Waals surface area contributed by atoms with Gasteiger partial charge in [0.1, 0.15) is 5.82 Å². The zero-order valence-electron chi connectivity index (χ0n) is 15.8. The minimum atomic E-state index is -3.23. The van der Waals surface area contributed by atoms with E-state index in [0.29, 0.717) is 49.0 Å². The second-order valence-electron chi connectivity index (χ2n) is 6.65. The molecule has 0 atom stereocenters. The number of anilines is 1. The number of piperazine rings is 1. The Balaban J connectivity index is 1.47. The van der Waals surface area contributed by atoms with Gasteiger partial charge in [0.15, 0.2) is 5.13 Å². The Morgan fingerprint density at radius 2 is 1.83 bits per heavy atom. The van der Waals surface area contributed by atoms with E-state index in [4.69, 9.17) is 0 Å². The molecule has 1 N–H and O–H groups in total. The number of amides is 2. The molecule has 0 spiro atoms. The van der Waals surface area contributed by atoms with Gasteiger partial charge in [0.25, 0.3) is 5.91 Å². The van der Waals surface area contributed by atoms with Gasteiger partial charge in [-0.05, 0) is 30.7 Å². The van der Waals surface area contributed by atoms with Crippen LogP contribution in [-0.4, -0.2) is 66.9 Å². The zero-order valence-corrected chi connectivity index (χ0v) is 17.4. The number of sulfonamides is 1. The molecular weight excluding hydrogens is 419 g/mol. The second kappa shape index (κ2) is 8.97. The van der Waals surface area contributed by atoms with Gasteiger partial charge in [-0.1, -0.05) is 0 Å². The summed E-state index contributed by atoms with van der Waals surface area (Å²) in [6, 6.07) is 5.20. The van der Waals surface area contributed by atoms with E-state index in [0.717, 1.165) is 0 Å². The van der Waals surface area contributed by atoms with E-state index in [1.54, 1.807) is 10.3 Å². The van der Waals surface area contributed by atoms with E-state index in [1.807, 2.05) is 0 Å². The number of nitrogens with zero attached hydrogens (tertiary/aromatic N) is 3. The topological polar surface area (TPSA) is 99.7 Å². The van der Waals surface area contributed by atoms with Crippen LogP contribution in [0.3, 0.4) is 0 Å². The summed E-state index contributed by atoms with van der Waals surface area (Å²) in [5.41, 5.74) is 1.01. The number of carbonyl (C=O) groups excluding carboxylic acids is 2. The molecule has 0 radical (unpaired) electrons. The fourth-order valence-corrected chi connectivity index (χ4v) is 4.48. The molecule has 1 aromatic carbocycles. The highest BCUT2D eigenvalue weighted by Gasteiger charge is 2.25. The van der Waals surface area contributed by atoms with Gasteiger partial charge >= 0.3 is 0 Å². The first kappa shape index (κ1) is 21.3. The van der Waals surface area contributed by atoms with Crippen molar-refractivity contribution in [2.75, 3.05) is 37.8 Å². The number of rotatable bonds is 6. The van der Waals surface area contributed by atoms with Gasteiger partial charge < -0.3 is 4.90 Å². The monoisotopic (exact) mass is 440 g/mol. The third-order valence-corrected chi connectivity index (χ3v) is 6.64. The highest BCUT2D eigenvalue weighted by atomic mass is 32.2. The lowest BCUT2D eigenvalue weighted by Gasteiger charge is -2.33. The normalized spacial score (nSPS) is 15.3. The molecule has 0 unspecified atom stereocenters. The lowest BCUT2D eigenvalue weighted by Crippen LogP contribution is -2.50. The number of halogens is 1. The standard InChI is InChI=1S/C18H21FN4O4S2/c1-29(26,27)23-10-8-22(9-11-23)16(24)7-6-15-12-28-18(20-15)21-17(25)13-2-4-14(19)5-3-13/h2-5,12H,6-11H2,1H3,(H,20,21,25). The van der Waals surface area contributed by atoms with E-state index >= 15 is 0 Å². The van der Waals surface area contributed by atoms with E-state index in [1.165, 1.54) is 46.2 Å². The number of nitrogens with one attached hydrogen (secondary N) is 1. The van der Waals surface area contributed by atoms with Crippen LogP contribution in [0.1, 0.15) is 22.5 Å². The van der Waals surface area contributed by atoms with Crippen LogP contribution in [-0.2, 0) is 21.2 Å². The van der Waals surface area contributed by atoms with E-state index in [2.05, 4.69) is 10.3 Å². The summed E-state index contributed by atoms with van der Waals surface area (Å²) < 4.78 is 37.4. The Morgan fingerprint density at radius 3 is 2.45 bits per heavy atom. The molecule has 3 rings (SSSR count). The molecule has 1 saturated heterocycles. The van der Waals surface area contributed by atoms with Gasteiger partial charge in [-0.3, -0.25) is 14.9 Å². The summed E-state index contributed by atoms with van der Waals surface area (Å²) in [5, 5.41) is 4.84. The second-order valence-corrected chi connectivity index (χ2v) is 9.49. The predicted molar refractivity (Wildman–Crippen MR) is 108 cm³/mol. The molecular formula is C18H21FN4O4S2. The van der Waals surface area contributed by atoms with Gasteiger partial charge in [0.05, 0.1) is 11.9 Å². The number of hydrogen-bond acceptors (Lipinski definition) is 6. The highest BCUT2D eigenvalue weighted by Crippen LogP contribution is 2.18. The Morgan fingerprint density at radius 1 is 1.17 bits per heavy atom. The molecule has 8 nitrogen and oxygen atoms in total. The van der Waals surface area contributed by atoms with Crippen LogP contribution in [0.25, 0.3) is 0 Å². The molecule has 29 heavy (non-hydrogen) atoms. The van der Waals surface area contributed by atoms with Gasteiger partial charge in [-0.2, -0.15) is 4.31 Å². The molecule has 0 bridgehead atoms. The van der Waals surface area contributed by atoms with Crippen molar-refractivity contribution in [1.29, 1.82) is 0 Å². The van der Waals surface area contributed by atoms with Gasteiger partial charge in [-0.25, -0.2) is 17.8 Å². The van der Waals surface area contributed by atoms with Crippen molar-refractivity contribution < 1.29 is 22.4 Å². The Bertz CT molecular complexity index is 984. The number of benzene rings is 1. The molecule has 156 valence electrons. The largest absolute Gasteiger partial charge is 0.340 e. The first-order valence-corrected chi connectivity index (χ1v) is 11.7. The van der Waals surface area contributed by atoms with Gasteiger partial charge in [-0.15, -0.1) is 11.3 Å². The Kier molecular flexibility index (Phi) is 6.60. The molecule has 1 aromatic heterocycles. The summed E-state index contributed by atoms with van der Waals surface area (Å²) in [6.45, 7) is 1.37. The van der Waals surface area contributed by atoms with Gasteiger partial charge in [0.2, 0.25) is 15.9 Å². The van der Waals surface area contributed by atoms with Crippen LogP contribution in [0.15, 0.2) is 29.6 Å². The first-order valence-electron chi connectivity index (χ1n) is 8.96. The molecule has 1 fully saturated rings. The Hall–Kier alpha value is -2.37. The Labute approximate surface area is 172 Å². The summed E-state index contributed by atoms with van der Waals surface area (Å²) in [6.07, 6.45) is 1.85. The van der Waals surface area contributed by atoms with E-state index < -0.39 is 15.8 Å². The quantitative estimate of drug-likeness (QED) is 0.735. The van der Waals surface area contributed by atoms with Crippen LogP contribution in [0.4, 0.5) is 9.52 Å². The fraction of sp³-hybridized carbons (Fsp3) is 0.389. The highest BCUT2D eigenvalue weighted by molar-refractivity contribution is 7.88. The van der Waals surface area contributed by atoms with Crippen molar-refractivity contribution in [2.24, 2.45) is 0 Å². The molecule has 0 aliphatic carbocycles. The molecule has 2 heterocycles. The maximum Gasteiger partial charge on any atom is 0.257 e. The minimum absolute atomic E-state index is 0.0527. The van der Waals surface area contributed by atoms with Crippen LogP contribution >= 0.6 is 11.3 Å². The van der Waals surface area contributed by atoms with Crippen molar-refractivity contribution in [3.63, 3.8) is 0 Å². The van der Waals surface area contributed by atoms with E-state index in [-0.39, 0.29) is 18.2 Å². The third-order valence-electron chi connectivity index (χ3n) is 4.53. The molecule has 1 aliphatic rings. The predicted octanol–water partition coefficient (Wildman–Crippen LogP) is 1.57. The van der Waals surface area contributed by atoms with Crippen molar-refractivity contribution >= 4 is 38.3 Å². The lowest BCUT2D eigenvalue weighted by atomic mass is 10.2. The van der Waals surface area contributed by atoms with Crippen LogP contribution in [0.5, 0.6) is 0 Å². The molecule has 0 saturated carbocycles. The number of aryl methyl sites for hydroxylation is 1. The van der Waals surface area contributed by atoms with E-state index in [9.17, 15) is 22.4 Å². The van der Waals surface area contributed by atoms with Crippen molar-refractivity contribution in [3.8, 4) is 0 Å². The average Bonchev–Trinajstić information content (AvgIpc) is 3.13. The van der Waals surface area contributed by atoms with Crippen LogP contribution in [0, 0.1) is 5.82 Å². The number of hydrogen-bond donors (Lipinski definition) is 1. The maximum atomic E-state index is 12.9. The SMILES string of the molecule is CS(=O)(=O)N1CCN(C(=O)CCc2csc(NC(=O)c3ccc(F)cc3)n2)CC1. The van der Waals surface area contributed by atoms with Crippen molar-refractivity contribution in [2.45, 2.75) is 12.8 Å². The number of thiazole rings is 1. The van der Waals surface area contributed by atoms with Crippen molar-refractivity contribution in [1.82, 2.24) is 14.2 Å². The maximum absolute atomic E-state index is 12.9. The summed E-state index contributed by atoms with van der Waals surface area (Å²) in [4.78, 5) is 30.5. The molecule has 1 aliphatic heterocycles. The number of aromatic nitrogens is 1. The average molecular weight is 441 g/mol.